The number of fused-ring (bicyclic) bond motifs is 1. The molecule has 0 amide bonds. The van der Waals surface area contributed by atoms with Crippen LogP contribution in [0.25, 0.3) is 10.9 Å². The van der Waals surface area contributed by atoms with Crippen LogP contribution in [0.3, 0.4) is 0 Å². The number of carboxylic acid groups (broad SMARTS) is 1. The van der Waals surface area contributed by atoms with Gasteiger partial charge in [0, 0.05) is 36.7 Å². The molecule has 0 fully saturated rings. The van der Waals surface area contributed by atoms with E-state index in [1.807, 2.05) is 13.8 Å². The Kier molecular flexibility index (Phi) is 6.67. The van der Waals surface area contributed by atoms with Crippen LogP contribution in [0.15, 0.2) is 41.3 Å². The summed E-state index contributed by atoms with van der Waals surface area (Å²) in [6.45, 7) is 3.71. The molecule has 3 N–H and O–H groups in total. The molecule has 0 aliphatic heterocycles. The van der Waals surface area contributed by atoms with Crippen LogP contribution < -0.4 is 5.43 Å². The van der Waals surface area contributed by atoms with Crippen molar-refractivity contribution in [1.82, 2.24) is 4.57 Å². The highest BCUT2D eigenvalue weighted by molar-refractivity contribution is 6.30. The lowest BCUT2D eigenvalue weighted by atomic mass is 9.97. The molecule has 1 atom stereocenters. The molecular formula is C23H23ClFNO5. The number of hydrogen-bond acceptors (Lipinski definition) is 4. The zero-order valence-electron chi connectivity index (χ0n) is 17.1. The van der Waals surface area contributed by atoms with Gasteiger partial charge in [0.15, 0.2) is 0 Å². The van der Waals surface area contributed by atoms with Crippen LogP contribution in [0.5, 0.6) is 5.75 Å². The number of nitrogens with zero attached hydrogens (tertiary/aromatic N) is 1. The largest absolute Gasteiger partial charge is 0.508 e. The fraction of sp³-hybridized carbons (Fsp3) is 0.304. The first kappa shape index (κ1) is 22.8. The van der Waals surface area contributed by atoms with Crippen LogP contribution in [0.4, 0.5) is 4.39 Å². The van der Waals surface area contributed by atoms with Crippen LogP contribution in [0.2, 0.25) is 5.02 Å². The van der Waals surface area contributed by atoms with Gasteiger partial charge in [-0.05, 0) is 35.6 Å². The highest BCUT2D eigenvalue weighted by atomic mass is 35.5. The molecule has 8 heteroatoms. The Morgan fingerprint density at radius 2 is 1.94 bits per heavy atom. The number of halogens is 2. The molecule has 6 nitrogen and oxygen atoms in total. The van der Waals surface area contributed by atoms with E-state index in [4.69, 9.17) is 11.6 Å². The number of hydrogen-bond donors (Lipinski definition) is 3. The lowest BCUT2D eigenvalue weighted by Crippen LogP contribution is -2.24. The van der Waals surface area contributed by atoms with Gasteiger partial charge in [0.25, 0.3) is 0 Å². The molecule has 0 saturated carbocycles. The van der Waals surface area contributed by atoms with Gasteiger partial charge in [-0.3, -0.25) is 4.79 Å². The number of aliphatic hydroxyl groups excluding tert-OH is 1. The third kappa shape index (κ3) is 4.43. The molecule has 1 unspecified atom stereocenters. The van der Waals surface area contributed by atoms with Gasteiger partial charge in [-0.1, -0.05) is 37.6 Å². The van der Waals surface area contributed by atoms with E-state index in [1.54, 1.807) is 10.6 Å². The van der Waals surface area contributed by atoms with Crippen molar-refractivity contribution in [1.29, 1.82) is 0 Å². The van der Waals surface area contributed by atoms with Crippen LogP contribution in [-0.4, -0.2) is 32.5 Å². The van der Waals surface area contributed by atoms with Gasteiger partial charge >= 0.3 is 5.97 Å². The molecule has 0 aliphatic carbocycles. The third-order valence-electron chi connectivity index (χ3n) is 5.43. The maximum absolute atomic E-state index is 14.3. The van der Waals surface area contributed by atoms with Crippen molar-refractivity contribution in [2.24, 2.45) is 5.92 Å². The summed E-state index contributed by atoms with van der Waals surface area (Å²) in [5, 5.41) is 29.7. The summed E-state index contributed by atoms with van der Waals surface area (Å²) in [4.78, 5) is 24.6. The lowest BCUT2D eigenvalue weighted by Gasteiger charge is -2.26. The number of aliphatic hydroxyl groups is 1. The topological polar surface area (TPSA) is 99.8 Å². The quantitative estimate of drug-likeness (QED) is 0.499. The normalized spacial score (nSPS) is 12.5. The summed E-state index contributed by atoms with van der Waals surface area (Å²) in [6, 6.07) is 6.98. The first-order valence-electron chi connectivity index (χ1n) is 9.83. The Morgan fingerprint density at radius 3 is 2.55 bits per heavy atom. The van der Waals surface area contributed by atoms with E-state index in [2.05, 4.69) is 0 Å². The van der Waals surface area contributed by atoms with Crippen LogP contribution >= 0.6 is 11.6 Å². The van der Waals surface area contributed by atoms with Gasteiger partial charge in [0.2, 0.25) is 5.43 Å². The van der Waals surface area contributed by atoms with Crippen molar-refractivity contribution in [3.63, 3.8) is 0 Å². The minimum absolute atomic E-state index is 0.0156. The van der Waals surface area contributed by atoms with Gasteiger partial charge in [-0.2, -0.15) is 0 Å². The van der Waals surface area contributed by atoms with Gasteiger partial charge in [0.1, 0.15) is 17.1 Å². The molecule has 0 saturated heterocycles. The molecular weight excluding hydrogens is 425 g/mol. The van der Waals surface area contributed by atoms with E-state index in [9.17, 15) is 29.3 Å². The van der Waals surface area contributed by atoms with Crippen LogP contribution in [0.1, 0.15) is 47.8 Å². The molecule has 164 valence electrons. The average Bonchev–Trinajstić information content (AvgIpc) is 2.71. The maximum atomic E-state index is 14.3. The summed E-state index contributed by atoms with van der Waals surface area (Å²) in [5.74, 6) is -2.14. The zero-order valence-corrected chi connectivity index (χ0v) is 17.9. The minimum atomic E-state index is -1.37. The number of rotatable bonds is 7. The number of phenolic OH excluding ortho intramolecular Hbond substituents is 1. The number of phenols is 1. The monoisotopic (exact) mass is 447 g/mol. The van der Waals surface area contributed by atoms with Crippen molar-refractivity contribution in [3.05, 3.63) is 74.3 Å². The van der Waals surface area contributed by atoms with Crippen molar-refractivity contribution in [2.75, 3.05) is 6.61 Å². The summed E-state index contributed by atoms with van der Waals surface area (Å²) in [7, 11) is 0. The van der Waals surface area contributed by atoms with Crippen LogP contribution in [-0.2, 0) is 6.42 Å². The zero-order chi connectivity index (χ0) is 22.9. The molecule has 1 aromatic heterocycles. The average molecular weight is 448 g/mol. The van der Waals surface area contributed by atoms with Gasteiger partial charge in [-0.25, -0.2) is 9.18 Å². The number of benzene rings is 2. The first-order chi connectivity index (χ1) is 14.6. The Hall–Kier alpha value is -2.90. The second kappa shape index (κ2) is 9.08. The van der Waals surface area contributed by atoms with Gasteiger partial charge in [0.05, 0.1) is 10.5 Å². The number of carboxylic acids is 1. The van der Waals surface area contributed by atoms with E-state index in [0.29, 0.717) is 11.9 Å². The molecule has 0 radical (unpaired) electrons. The summed E-state index contributed by atoms with van der Waals surface area (Å²) in [5.41, 5.74) is -0.269. The summed E-state index contributed by atoms with van der Waals surface area (Å²) >= 11 is 5.83. The fourth-order valence-corrected chi connectivity index (χ4v) is 4.01. The van der Waals surface area contributed by atoms with Crippen molar-refractivity contribution in [3.8, 4) is 5.75 Å². The lowest BCUT2D eigenvalue weighted by molar-refractivity contribution is 0.0694. The van der Waals surface area contributed by atoms with E-state index in [1.165, 1.54) is 30.5 Å². The van der Waals surface area contributed by atoms with E-state index >= 15 is 0 Å². The highest BCUT2D eigenvalue weighted by Gasteiger charge is 2.23. The standard InChI is InChI=1S/C23H23ClFNO5/c1-12(2)18(6-7-27)26-11-16(23(30)31)22(29)15-9-14(20(28)10-19(15)26)8-13-4-3-5-17(24)21(13)25/h3-5,9-12,18,27-28H,6-8H2,1-2H3,(H,30,31). The Morgan fingerprint density at radius 1 is 1.23 bits per heavy atom. The van der Waals surface area contributed by atoms with Gasteiger partial charge < -0.3 is 19.9 Å². The predicted octanol–water partition coefficient (Wildman–Crippen LogP) is 4.37. The highest BCUT2D eigenvalue weighted by Crippen LogP contribution is 2.31. The third-order valence-corrected chi connectivity index (χ3v) is 5.72. The smallest absolute Gasteiger partial charge is 0.341 e. The van der Waals surface area contributed by atoms with Gasteiger partial charge in [-0.15, -0.1) is 0 Å². The number of aromatic nitrogens is 1. The number of aromatic carboxylic acids is 1. The molecule has 0 aliphatic rings. The molecule has 2 aromatic carbocycles. The maximum Gasteiger partial charge on any atom is 0.341 e. The minimum Gasteiger partial charge on any atom is -0.508 e. The summed E-state index contributed by atoms with van der Waals surface area (Å²) < 4.78 is 16.0. The molecule has 0 spiro atoms. The Bertz CT molecular complexity index is 1200. The molecule has 3 aromatic rings. The molecule has 3 rings (SSSR count). The van der Waals surface area contributed by atoms with Crippen molar-refractivity contribution in [2.45, 2.75) is 32.7 Å². The second-order valence-electron chi connectivity index (χ2n) is 7.80. The predicted molar refractivity (Wildman–Crippen MR) is 117 cm³/mol. The van der Waals surface area contributed by atoms with E-state index < -0.39 is 22.8 Å². The fourth-order valence-electron chi connectivity index (χ4n) is 3.81. The number of carbonyl (C=O) groups is 1. The number of pyridine rings is 1. The molecule has 0 bridgehead atoms. The Labute approximate surface area is 183 Å². The first-order valence-corrected chi connectivity index (χ1v) is 10.2. The van der Waals surface area contributed by atoms with E-state index in [-0.39, 0.29) is 52.3 Å². The molecule has 1 heterocycles. The van der Waals surface area contributed by atoms with E-state index in [0.717, 1.165) is 0 Å². The van der Waals surface area contributed by atoms with Crippen LogP contribution in [0, 0.1) is 11.7 Å². The summed E-state index contributed by atoms with van der Waals surface area (Å²) in [6.07, 6.45) is 1.56. The molecule has 31 heavy (non-hydrogen) atoms. The SMILES string of the molecule is CC(C)C(CCO)n1cc(C(=O)O)c(=O)c2cc(Cc3cccc(Cl)c3F)c(O)cc21. The van der Waals surface area contributed by atoms with Crippen molar-refractivity contribution < 1.29 is 24.5 Å². The number of aromatic hydroxyl groups is 1. The second-order valence-corrected chi connectivity index (χ2v) is 8.20. The Balaban J connectivity index is 2.27. The van der Waals surface area contributed by atoms with Crippen molar-refractivity contribution >= 4 is 28.5 Å².